The minimum absolute atomic E-state index is 0.122. The van der Waals surface area contributed by atoms with Crippen LogP contribution in [0.4, 0.5) is 0 Å². The molecule has 15 heavy (non-hydrogen) atoms. The summed E-state index contributed by atoms with van der Waals surface area (Å²) in [6.07, 6.45) is 0. The Morgan fingerprint density at radius 1 is 1.20 bits per heavy atom. The molecular weight excluding hydrogens is 256 g/mol. The van der Waals surface area contributed by atoms with E-state index in [1.165, 1.54) is 6.07 Å². The number of carbonyl (C=O) groups is 1. The fourth-order valence-corrected chi connectivity index (χ4v) is 1.79. The molecule has 1 heterocycles. The molecule has 2 rings (SSSR count). The van der Waals surface area contributed by atoms with Gasteiger partial charge >= 0.3 is 0 Å². The lowest BCUT2D eigenvalue weighted by Crippen LogP contribution is -1.94. The zero-order valence-electron chi connectivity index (χ0n) is 7.30. The molecule has 0 N–H and O–H groups in total. The van der Waals surface area contributed by atoms with Crippen LogP contribution in [0, 0.1) is 0 Å². The van der Waals surface area contributed by atoms with Crippen LogP contribution < -0.4 is 0 Å². The number of aromatic nitrogens is 1. The highest BCUT2D eigenvalue weighted by Crippen LogP contribution is 2.26. The normalized spacial score (nSPS) is 10.6. The van der Waals surface area contributed by atoms with E-state index >= 15 is 0 Å². The molecule has 76 valence electrons. The van der Waals surface area contributed by atoms with Crippen LogP contribution in [0.1, 0.15) is 10.5 Å². The van der Waals surface area contributed by atoms with E-state index in [1.807, 2.05) is 0 Å². The van der Waals surface area contributed by atoms with Crippen LogP contribution in [0.2, 0.25) is 10.0 Å². The standard InChI is InChI=1S/C10H4Cl3NO/c11-5-1-2-6-7(12)4-9(10(13)15)14-8(6)3-5/h1-4H. The Morgan fingerprint density at radius 3 is 2.60 bits per heavy atom. The van der Waals surface area contributed by atoms with Crippen LogP contribution in [0.25, 0.3) is 10.9 Å². The molecule has 1 aromatic heterocycles. The summed E-state index contributed by atoms with van der Waals surface area (Å²) in [6, 6.07) is 6.52. The molecule has 0 amide bonds. The number of hydrogen-bond acceptors (Lipinski definition) is 2. The molecule has 1 aromatic carbocycles. The van der Waals surface area contributed by atoms with Crippen molar-refractivity contribution in [1.29, 1.82) is 0 Å². The lowest BCUT2D eigenvalue weighted by atomic mass is 10.2. The average Bonchev–Trinajstić information content (AvgIpc) is 2.16. The van der Waals surface area contributed by atoms with E-state index in [0.717, 1.165) is 5.39 Å². The predicted molar refractivity (Wildman–Crippen MR) is 61.9 cm³/mol. The molecule has 0 saturated carbocycles. The number of carbonyl (C=O) groups excluding carboxylic acids is 1. The molecule has 5 heteroatoms. The van der Waals surface area contributed by atoms with Crippen molar-refractivity contribution in [3.63, 3.8) is 0 Å². The number of nitrogens with zero attached hydrogens (tertiary/aromatic N) is 1. The Bertz CT molecular complexity index is 554. The maximum Gasteiger partial charge on any atom is 0.270 e. The van der Waals surface area contributed by atoms with Crippen molar-refractivity contribution < 1.29 is 4.79 Å². The fraction of sp³-hybridized carbons (Fsp3) is 0. The molecule has 0 unspecified atom stereocenters. The van der Waals surface area contributed by atoms with Gasteiger partial charge < -0.3 is 0 Å². The summed E-state index contributed by atoms with van der Waals surface area (Å²) >= 11 is 17.1. The average molecular weight is 261 g/mol. The van der Waals surface area contributed by atoms with Crippen molar-refractivity contribution in [1.82, 2.24) is 4.98 Å². The monoisotopic (exact) mass is 259 g/mol. The molecule has 2 aromatic rings. The minimum atomic E-state index is -0.640. The van der Waals surface area contributed by atoms with Gasteiger partial charge in [-0.05, 0) is 35.9 Å². The summed E-state index contributed by atoms with van der Waals surface area (Å²) in [5.74, 6) is 0. The first-order valence-corrected chi connectivity index (χ1v) is 5.17. The highest BCUT2D eigenvalue weighted by atomic mass is 35.5. The van der Waals surface area contributed by atoms with E-state index in [-0.39, 0.29) is 5.69 Å². The number of rotatable bonds is 1. The molecule has 0 spiro atoms. The summed E-state index contributed by atoms with van der Waals surface area (Å²) in [6.45, 7) is 0. The van der Waals surface area contributed by atoms with E-state index in [1.54, 1.807) is 18.2 Å². The number of benzene rings is 1. The summed E-state index contributed by atoms with van der Waals surface area (Å²) in [7, 11) is 0. The summed E-state index contributed by atoms with van der Waals surface area (Å²) in [4.78, 5) is 15.0. The van der Waals surface area contributed by atoms with Gasteiger partial charge in [-0.2, -0.15) is 0 Å². The van der Waals surface area contributed by atoms with Crippen LogP contribution in [-0.4, -0.2) is 10.2 Å². The smallest absolute Gasteiger partial charge is 0.270 e. The molecule has 0 bridgehead atoms. The second-order valence-corrected chi connectivity index (χ2v) is 4.11. The largest absolute Gasteiger partial charge is 0.274 e. The molecular formula is C10H4Cl3NO. The molecule has 0 aliphatic rings. The van der Waals surface area contributed by atoms with Crippen LogP contribution in [-0.2, 0) is 0 Å². The van der Waals surface area contributed by atoms with E-state index < -0.39 is 5.24 Å². The first-order valence-electron chi connectivity index (χ1n) is 4.03. The Kier molecular flexibility index (Phi) is 2.83. The third-order valence-corrected chi connectivity index (χ3v) is 2.66. The van der Waals surface area contributed by atoms with Crippen molar-refractivity contribution in [3.05, 3.63) is 40.0 Å². The predicted octanol–water partition coefficient (Wildman–Crippen LogP) is 3.92. The second kappa shape index (κ2) is 3.97. The Labute approximate surface area is 101 Å². The van der Waals surface area contributed by atoms with Gasteiger partial charge in [-0.3, -0.25) is 4.79 Å². The van der Waals surface area contributed by atoms with Crippen molar-refractivity contribution >= 4 is 50.9 Å². The zero-order valence-corrected chi connectivity index (χ0v) is 9.57. The highest BCUT2D eigenvalue weighted by Gasteiger charge is 2.08. The number of fused-ring (bicyclic) bond motifs is 1. The molecule has 0 saturated heterocycles. The van der Waals surface area contributed by atoms with Gasteiger partial charge in [0.2, 0.25) is 0 Å². The molecule has 0 aliphatic heterocycles. The molecule has 0 fully saturated rings. The summed E-state index contributed by atoms with van der Waals surface area (Å²) < 4.78 is 0. The van der Waals surface area contributed by atoms with E-state index in [0.29, 0.717) is 15.6 Å². The van der Waals surface area contributed by atoms with Gasteiger partial charge in [-0.25, -0.2) is 4.98 Å². The lowest BCUT2D eigenvalue weighted by molar-refractivity contribution is 0.107. The van der Waals surface area contributed by atoms with E-state index in [9.17, 15) is 4.79 Å². The summed E-state index contributed by atoms with van der Waals surface area (Å²) in [5, 5.41) is 1.06. The van der Waals surface area contributed by atoms with E-state index in [4.69, 9.17) is 34.8 Å². The van der Waals surface area contributed by atoms with Crippen molar-refractivity contribution in [2.24, 2.45) is 0 Å². The Hall–Kier alpha value is -0.830. The third kappa shape index (κ3) is 2.07. The van der Waals surface area contributed by atoms with Gasteiger partial charge in [0.1, 0.15) is 5.69 Å². The van der Waals surface area contributed by atoms with Crippen molar-refractivity contribution in [3.8, 4) is 0 Å². The molecule has 0 aliphatic carbocycles. The first kappa shape index (κ1) is 10.7. The number of halogens is 3. The quantitative estimate of drug-likeness (QED) is 0.727. The minimum Gasteiger partial charge on any atom is -0.274 e. The third-order valence-electron chi connectivity index (χ3n) is 1.92. The molecule has 0 radical (unpaired) electrons. The van der Waals surface area contributed by atoms with E-state index in [2.05, 4.69) is 4.98 Å². The molecule has 2 nitrogen and oxygen atoms in total. The topological polar surface area (TPSA) is 30.0 Å². The maximum atomic E-state index is 10.9. The van der Waals surface area contributed by atoms with Crippen molar-refractivity contribution in [2.45, 2.75) is 0 Å². The first-order chi connectivity index (χ1) is 7.08. The Morgan fingerprint density at radius 2 is 1.93 bits per heavy atom. The van der Waals surface area contributed by atoms with Crippen molar-refractivity contribution in [2.75, 3.05) is 0 Å². The van der Waals surface area contributed by atoms with Crippen LogP contribution >= 0.6 is 34.8 Å². The van der Waals surface area contributed by atoms with Gasteiger partial charge in [0.25, 0.3) is 5.24 Å². The summed E-state index contributed by atoms with van der Waals surface area (Å²) in [5.41, 5.74) is 0.676. The van der Waals surface area contributed by atoms with Gasteiger partial charge in [-0.15, -0.1) is 0 Å². The second-order valence-electron chi connectivity index (χ2n) is 2.92. The van der Waals surface area contributed by atoms with Gasteiger partial charge in [0.05, 0.1) is 10.5 Å². The number of hydrogen-bond donors (Lipinski definition) is 0. The fourth-order valence-electron chi connectivity index (χ4n) is 1.26. The van der Waals surface area contributed by atoms with Gasteiger partial charge in [0, 0.05) is 10.4 Å². The van der Waals surface area contributed by atoms with Crippen LogP contribution in [0.15, 0.2) is 24.3 Å². The molecule has 0 atom stereocenters. The van der Waals surface area contributed by atoms with Crippen LogP contribution in [0.5, 0.6) is 0 Å². The Balaban J connectivity index is 2.79. The highest BCUT2D eigenvalue weighted by molar-refractivity contribution is 6.67. The van der Waals surface area contributed by atoms with Crippen LogP contribution in [0.3, 0.4) is 0 Å². The maximum absolute atomic E-state index is 10.9. The SMILES string of the molecule is O=C(Cl)c1cc(Cl)c2ccc(Cl)cc2n1. The number of pyridine rings is 1. The zero-order chi connectivity index (χ0) is 11.0. The van der Waals surface area contributed by atoms with Gasteiger partial charge in [-0.1, -0.05) is 23.2 Å². The van der Waals surface area contributed by atoms with Gasteiger partial charge in [0.15, 0.2) is 0 Å². The lowest BCUT2D eigenvalue weighted by Gasteiger charge is -2.02.